The van der Waals surface area contributed by atoms with Crippen LogP contribution in [0.3, 0.4) is 0 Å². The number of amides is 4. The van der Waals surface area contributed by atoms with E-state index in [1.54, 1.807) is 66.7 Å². The number of nitrogens with zero attached hydrogens (tertiary/aromatic N) is 1. The minimum Gasteiger partial charge on any atom is -0.308 e. The highest BCUT2D eigenvalue weighted by molar-refractivity contribution is 6.31. The smallest absolute Gasteiger partial charge is 0.308 e. The molecule has 0 saturated carbocycles. The van der Waals surface area contributed by atoms with Crippen LogP contribution >= 0.6 is 23.2 Å². The number of urea groups is 2. The summed E-state index contributed by atoms with van der Waals surface area (Å²) in [6.07, 6.45) is 0. The van der Waals surface area contributed by atoms with E-state index in [1.807, 2.05) is 0 Å². The number of pyridine rings is 1. The Labute approximate surface area is 171 Å². The van der Waals surface area contributed by atoms with E-state index >= 15 is 0 Å². The van der Waals surface area contributed by atoms with Crippen molar-refractivity contribution in [2.45, 2.75) is 0 Å². The van der Waals surface area contributed by atoms with Crippen LogP contribution in [-0.4, -0.2) is 17.0 Å². The van der Waals surface area contributed by atoms with E-state index < -0.39 is 12.1 Å². The Hall–Kier alpha value is -3.29. The van der Waals surface area contributed by atoms with Crippen LogP contribution in [0.1, 0.15) is 0 Å². The van der Waals surface area contributed by atoms with E-state index in [4.69, 9.17) is 23.2 Å². The van der Waals surface area contributed by atoms with Crippen LogP contribution in [0.5, 0.6) is 0 Å². The Morgan fingerprint density at radius 1 is 0.607 bits per heavy atom. The number of carbonyl (C=O) groups excluding carboxylic acids is 2. The third-order valence-electron chi connectivity index (χ3n) is 3.44. The molecule has 0 bridgehead atoms. The van der Waals surface area contributed by atoms with Gasteiger partial charge in [0.05, 0.1) is 0 Å². The fourth-order valence-electron chi connectivity index (χ4n) is 2.20. The van der Waals surface area contributed by atoms with Gasteiger partial charge in [-0.05, 0) is 60.7 Å². The second-order valence-electron chi connectivity index (χ2n) is 5.58. The zero-order chi connectivity index (χ0) is 19.9. The van der Waals surface area contributed by atoms with Gasteiger partial charge in [-0.25, -0.2) is 14.6 Å². The Morgan fingerprint density at radius 3 is 1.39 bits per heavy atom. The first-order valence-corrected chi connectivity index (χ1v) is 8.88. The van der Waals surface area contributed by atoms with E-state index in [-0.39, 0.29) is 11.6 Å². The lowest BCUT2D eigenvalue weighted by Crippen LogP contribution is -2.22. The van der Waals surface area contributed by atoms with Crippen molar-refractivity contribution in [2.75, 3.05) is 21.3 Å². The first kappa shape index (κ1) is 19.5. The molecule has 0 spiro atoms. The summed E-state index contributed by atoms with van der Waals surface area (Å²) < 4.78 is 0. The summed E-state index contributed by atoms with van der Waals surface area (Å²) in [5.41, 5.74) is 1.16. The van der Waals surface area contributed by atoms with Crippen LogP contribution in [-0.2, 0) is 0 Å². The number of rotatable bonds is 4. The Balaban J connectivity index is 1.57. The molecule has 0 saturated heterocycles. The number of halogens is 2. The number of benzene rings is 2. The Kier molecular flexibility index (Phi) is 6.31. The molecule has 1 heterocycles. The molecule has 2 aromatic carbocycles. The molecule has 0 aliphatic rings. The lowest BCUT2D eigenvalue weighted by molar-refractivity contribution is 0.261. The molecule has 4 N–H and O–H groups in total. The minimum absolute atomic E-state index is 0.274. The van der Waals surface area contributed by atoms with Gasteiger partial charge in [0.25, 0.3) is 0 Å². The fourth-order valence-corrected chi connectivity index (χ4v) is 2.45. The van der Waals surface area contributed by atoms with E-state index in [0.29, 0.717) is 21.4 Å². The monoisotopic (exact) mass is 415 g/mol. The van der Waals surface area contributed by atoms with Gasteiger partial charge in [-0.1, -0.05) is 29.3 Å². The summed E-state index contributed by atoms with van der Waals surface area (Å²) in [7, 11) is 0. The number of nitrogens with one attached hydrogen (secondary N) is 4. The van der Waals surface area contributed by atoms with Crippen LogP contribution in [0, 0.1) is 0 Å². The van der Waals surface area contributed by atoms with Crippen molar-refractivity contribution in [1.82, 2.24) is 4.98 Å². The van der Waals surface area contributed by atoms with Gasteiger partial charge >= 0.3 is 12.1 Å². The summed E-state index contributed by atoms with van der Waals surface area (Å²) in [5, 5.41) is 11.6. The first-order chi connectivity index (χ1) is 13.5. The average Bonchev–Trinajstić information content (AvgIpc) is 2.66. The van der Waals surface area contributed by atoms with Crippen molar-refractivity contribution in [3.8, 4) is 0 Å². The van der Waals surface area contributed by atoms with Crippen LogP contribution in [0.15, 0.2) is 66.7 Å². The molecule has 142 valence electrons. The van der Waals surface area contributed by atoms with Crippen LogP contribution in [0.25, 0.3) is 0 Å². The van der Waals surface area contributed by atoms with E-state index in [2.05, 4.69) is 26.3 Å². The van der Waals surface area contributed by atoms with Crippen molar-refractivity contribution in [1.29, 1.82) is 0 Å². The first-order valence-electron chi connectivity index (χ1n) is 8.12. The quantitative estimate of drug-likeness (QED) is 0.441. The highest BCUT2D eigenvalue weighted by atomic mass is 35.5. The topological polar surface area (TPSA) is 95.2 Å². The van der Waals surface area contributed by atoms with Crippen LogP contribution in [0.2, 0.25) is 10.0 Å². The highest BCUT2D eigenvalue weighted by Gasteiger charge is 2.07. The van der Waals surface area contributed by atoms with Crippen molar-refractivity contribution < 1.29 is 9.59 Å². The SMILES string of the molecule is O=C(Nc1ccc(Cl)cc1)Nc1cccc(NC(=O)Nc2ccc(Cl)cc2)n1. The lowest BCUT2D eigenvalue weighted by atomic mass is 10.3. The molecule has 7 nitrogen and oxygen atoms in total. The molecule has 0 fully saturated rings. The van der Waals surface area contributed by atoms with Gasteiger partial charge in [0.2, 0.25) is 0 Å². The number of anilines is 4. The molecular weight excluding hydrogens is 401 g/mol. The minimum atomic E-state index is -0.474. The number of carbonyl (C=O) groups is 2. The van der Waals surface area contributed by atoms with E-state index in [0.717, 1.165) is 0 Å². The third-order valence-corrected chi connectivity index (χ3v) is 3.94. The van der Waals surface area contributed by atoms with Crippen molar-refractivity contribution in [3.05, 3.63) is 76.8 Å². The van der Waals surface area contributed by atoms with Crippen molar-refractivity contribution in [2.24, 2.45) is 0 Å². The molecular formula is C19H15Cl2N5O2. The Morgan fingerprint density at radius 2 is 1.00 bits per heavy atom. The molecule has 3 aromatic rings. The van der Waals surface area contributed by atoms with Gasteiger partial charge in [0.15, 0.2) is 0 Å². The third kappa shape index (κ3) is 5.87. The normalized spacial score (nSPS) is 10.1. The Bertz CT molecular complexity index is 902. The van der Waals surface area contributed by atoms with Gasteiger partial charge in [-0.2, -0.15) is 0 Å². The lowest BCUT2D eigenvalue weighted by Gasteiger charge is -2.10. The van der Waals surface area contributed by atoms with Crippen molar-refractivity contribution >= 4 is 58.3 Å². The summed E-state index contributed by atoms with van der Waals surface area (Å²) in [6.45, 7) is 0. The second kappa shape index (κ2) is 9.07. The molecule has 3 rings (SSSR count). The predicted octanol–water partition coefficient (Wildman–Crippen LogP) is 5.68. The molecule has 0 atom stereocenters. The average molecular weight is 416 g/mol. The molecule has 0 unspecified atom stereocenters. The van der Waals surface area contributed by atoms with E-state index in [1.165, 1.54) is 0 Å². The molecule has 1 aromatic heterocycles. The summed E-state index contributed by atoms with van der Waals surface area (Å²) in [4.78, 5) is 28.3. The maximum atomic E-state index is 12.1. The van der Waals surface area contributed by atoms with Gasteiger partial charge in [0, 0.05) is 21.4 Å². The fraction of sp³-hybridized carbons (Fsp3) is 0. The molecule has 0 radical (unpaired) electrons. The van der Waals surface area contributed by atoms with Gasteiger partial charge < -0.3 is 10.6 Å². The van der Waals surface area contributed by atoms with Crippen molar-refractivity contribution in [3.63, 3.8) is 0 Å². The highest BCUT2D eigenvalue weighted by Crippen LogP contribution is 2.16. The van der Waals surface area contributed by atoms with Gasteiger partial charge in [-0.15, -0.1) is 0 Å². The molecule has 9 heteroatoms. The molecule has 28 heavy (non-hydrogen) atoms. The standard InChI is InChI=1S/C19H15Cl2N5O2/c20-12-4-8-14(9-5-12)22-18(27)25-16-2-1-3-17(24-16)26-19(28)23-15-10-6-13(21)7-11-15/h1-11H,(H4,22,23,24,25,26,27,28). The molecule has 0 aliphatic carbocycles. The zero-order valence-electron chi connectivity index (χ0n) is 14.4. The maximum absolute atomic E-state index is 12.1. The number of hydrogen-bond acceptors (Lipinski definition) is 3. The summed E-state index contributed by atoms with van der Waals surface area (Å²) in [5.74, 6) is 0.548. The summed E-state index contributed by atoms with van der Waals surface area (Å²) in [6, 6.07) is 17.3. The second-order valence-corrected chi connectivity index (χ2v) is 6.45. The predicted molar refractivity (Wildman–Crippen MR) is 112 cm³/mol. The van der Waals surface area contributed by atoms with Crippen LogP contribution in [0.4, 0.5) is 32.6 Å². The van der Waals surface area contributed by atoms with Crippen LogP contribution < -0.4 is 21.3 Å². The van der Waals surface area contributed by atoms with Gasteiger partial charge in [-0.3, -0.25) is 10.6 Å². The molecule has 0 aliphatic heterocycles. The maximum Gasteiger partial charge on any atom is 0.324 e. The molecule has 4 amide bonds. The number of hydrogen-bond donors (Lipinski definition) is 4. The largest absolute Gasteiger partial charge is 0.324 e. The van der Waals surface area contributed by atoms with Gasteiger partial charge in [0.1, 0.15) is 11.6 Å². The zero-order valence-corrected chi connectivity index (χ0v) is 15.9. The summed E-state index contributed by atoms with van der Waals surface area (Å²) >= 11 is 11.6. The van der Waals surface area contributed by atoms with E-state index in [9.17, 15) is 9.59 Å². The number of aromatic nitrogens is 1.